The Morgan fingerprint density at radius 3 is 2.68 bits per heavy atom. The zero-order chi connectivity index (χ0) is 20.5. The number of rotatable bonds is 2. The summed E-state index contributed by atoms with van der Waals surface area (Å²) in [5.41, 5.74) is 5.47. The van der Waals surface area contributed by atoms with Crippen molar-refractivity contribution in [3.8, 4) is 5.75 Å². The largest absolute Gasteiger partial charge is 0.477 e. The molecule has 3 heterocycles. The summed E-state index contributed by atoms with van der Waals surface area (Å²) < 4.78 is 22.8. The number of hydrogen-bond acceptors (Lipinski definition) is 6. The number of carboxylic acids is 1. The van der Waals surface area contributed by atoms with Gasteiger partial charge in [0.05, 0.1) is 5.39 Å². The fraction of sp³-hybridized carbons (Fsp3) is 0.474. The number of halogens is 1. The Morgan fingerprint density at radius 1 is 1.43 bits per heavy atom. The van der Waals surface area contributed by atoms with E-state index in [0.717, 1.165) is 6.07 Å². The maximum absolute atomic E-state index is 15.2. The molecule has 0 spiro atoms. The molecule has 150 valence electrons. The highest BCUT2D eigenvalue weighted by Crippen LogP contribution is 2.44. The van der Waals surface area contributed by atoms with Gasteiger partial charge in [-0.05, 0) is 18.4 Å². The SMILES string of the molecule is CC1Oc2c(N3C[C@H](N)C(C)(C)C3)c(F)cc3c(=O)c(C(=O)O)cn(c23)N1C. The quantitative estimate of drug-likeness (QED) is 0.797. The van der Waals surface area contributed by atoms with Crippen molar-refractivity contribution in [1.82, 2.24) is 4.68 Å². The van der Waals surface area contributed by atoms with Crippen LogP contribution in [0.15, 0.2) is 17.1 Å². The molecule has 1 saturated heterocycles. The first-order valence-electron chi connectivity index (χ1n) is 9.08. The highest BCUT2D eigenvalue weighted by Gasteiger charge is 2.40. The van der Waals surface area contributed by atoms with Crippen LogP contribution in [-0.2, 0) is 0 Å². The molecule has 0 aliphatic carbocycles. The van der Waals surface area contributed by atoms with Crippen molar-refractivity contribution in [3.05, 3.63) is 33.9 Å². The predicted molar refractivity (Wildman–Crippen MR) is 103 cm³/mol. The maximum atomic E-state index is 15.2. The topological polar surface area (TPSA) is 101 Å². The molecule has 1 aromatic carbocycles. The smallest absolute Gasteiger partial charge is 0.341 e. The van der Waals surface area contributed by atoms with Gasteiger partial charge in [0.1, 0.15) is 16.8 Å². The van der Waals surface area contributed by atoms with Crippen LogP contribution in [0.25, 0.3) is 10.9 Å². The first-order valence-corrected chi connectivity index (χ1v) is 9.08. The molecule has 9 heteroatoms. The molecule has 0 bridgehead atoms. The molecular formula is C19H23FN4O4. The maximum Gasteiger partial charge on any atom is 0.341 e. The number of nitrogens with two attached hydrogens (primary N) is 1. The highest BCUT2D eigenvalue weighted by molar-refractivity contribution is 5.97. The van der Waals surface area contributed by atoms with Crippen LogP contribution in [-0.4, -0.2) is 48.2 Å². The second-order valence-corrected chi connectivity index (χ2v) is 8.22. The summed E-state index contributed by atoms with van der Waals surface area (Å²) in [4.78, 5) is 26.0. The minimum absolute atomic E-state index is 0.0299. The molecule has 2 aliphatic rings. The average molecular weight is 390 g/mol. The second-order valence-electron chi connectivity index (χ2n) is 8.22. The van der Waals surface area contributed by atoms with Crippen molar-refractivity contribution in [3.63, 3.8) is 0 Å². The number of aromatic carboxylic acids is 1. The molecular weight excluding hydrogens is 367 g/mol. The Balaban J connectivity index is 2.05. The summed E-state index contributed by atoms with van der Waals surface area (Å²) in [6.07, 6.45) is 0.765. The average Bonchev–Trinajstić information content (AvgIpc) is 2.86. The number of carboxylic acid groups (broad SMARTS) is 1. The highest BCUT2D eigenvalue weighted by atomic mass is 19.1. The van der Waals surface area contributed by atoms with Crippen molar-refractivity contribution in [2.45, 2.75) is 33.0 Å². The molecule has 2 aliphatic heterocycles. The van der Waals surface area contributed by atoms with Crippen LogP contribution in [0.2, 0.25) is 0 Å². The van der Waals surface area contributed by atoms with Crippen LogP contribution in [0.3, 0.4) is 0 Å². The van der Waals surface area contributed by atoms with E-state index in [-0.39, 0.29) is 28.3 Å². The lowest BCUT2D eigenvalue weighted by molar-refractivity contribution is 0.0694. The number of benzene rings is 1. The number of hydrogen-bond donors (Lipinski definition) is 2. The summed E-state index contributed by atoms with van der Waals surface area (Å²) in [7, 11) is 1.71. The molecule has 8 nitrogen and oxygen atoms in total. The molecule has 1 fully saturated rings. The van der Waals surface area contributed by atoms with E-state index in [1.54, 1.807) is 23.7 Å². The first kappa shape index (κ1) is 18.5. The van der Waals surface area contributed by atoms with Crippen LogP contribution in [0.4, 0.5) is 10.1 Å². The number of anilines is 1. The third-order valence-corrected chi connectivity index (χ3v) is 5.87. The molecule has 2 aromatic rings. The van der Waals surface area contributed by atoms with Gasteiger partial charge in [-0.2, -0.15) is 0 Å². The Morgan fingerprint density at radius 2 is 2.11 bits per heavy atom. The number of carbonyl (C=O) groups is 1. The van der Waals surface area contributed by atoms with Crippen molar-refractivity contribution < 1.29 is 19.0 Å². The number of pyridine rings is 1. The van der Waals surface area contributed by atoms with E-state index in [2.05, 4.69) is 0 Å². The molecule has 1 unspecified atom stereocenters. The van der Waals surface area contributed by atoms with Crippen LogP contribution in [0, 0.1) is 11.2 Å². The van der Waals surface area contributed by atoms with Gasteiger partial charge in [-0.15, -0.1) is 0 Å². The van der Waals surface area contributed by atoms with Gasteiger partial charge in [0.2, 0.25) is 5.43 Å². The van der Waals surface area contributed by atoms with Crippen LogP contribution in [0.5, 0.6) is 5.75 Å². The summed E-state index contributed by atoms with van der Waals surface area (Å²) >= 11 is 0. The molecule has 0 saturated carbocycles. The predicted octanol–water partition coefficient (Wildman–Crippen LogP) is 1.32. The van der Waals surface area contributed by atoms with Gasteiger partial charge in [-0.3, -0.25) is 14.5 Å². The van der Waals surface area contributed by atoms with E-state index in [9.17, 15) is 14.7 Å². The fourth-order valence-electron chi connectivity index (χ4n) is 3.96. The third kappa shape index (κ3) is 2.46. The Labute approximate surface area is 160 Å². The zero-order valence-electron chi connectivity index (χ0n) is 16.2. The standard InChI is InChI=1S/C19H23FN4O4/c1-9-22(4)24-6-11(18(26)27)16(25)10-5-12(20)15(17(28-9)14(10)24)23-7-13(21)19(2,3)8-23/h5-6,9,13H,7-8,21H2,1-4H3,(H,26,27)/t9?,13-/m0/s1. The Bertz CT molecular complexity index is 1060. The van der Waals surface area contributed by atoms with Gasteiger partial charge in [-0.25, -0.2) is 9.18 Å². The normalized spacial score (nSPS) is 23.2. The van der Waals surface area contributed by atoms with E-state index >= 15 is 4.39 Å². The molecule has 3 N–H and O–H groups in total. The number of nitrogens with zero attached hydrogens (tertiary/aromatic N) is 3. The van der Waals surface area contributed by atoms with Crippen molar-refractivity contribution >= 4 is 22.6 Å². The lowest BCUT2D eigenvalue weighted by atomic mass is 9.89. The van der Waals surface area contributed by atoms with Crippen LogP contribution in [0.1, 0.15) is 31.1 Å². The summed E-state index contributed by atoms with van der Waals surface area (Å²) in [5.74, 6) is -1.75. The van der Waals surface area contributed by atoms with E-state index in [4.69, 9.17) is 10.5 Å². The lowest BCUT2D eigenvalue weighted by Gasteiger charge is -2.38. The summed E-state index contributed by atoms with van der Waals surface area (Å²) in [6.45, 7) is 6.80. The summed E-state index contributed by atoms with van der Waals surface area (Å²) in [5, 5.41) is 11.0. The minimum Gasteiger partial charge on any atom is -0.477 e. The van der Waals surface area contributed by atoms with Crippen molar-refractivity contribution in [1.29, 1.82) is 0 Å². The minimum atomic E-state index is -1.36. The Hall–Kier alpha value is -2.81. The van der Waals surface area contributed by atoms with Gasteiger partial charge < -0.3 is 20.5 Å². The van der Waals surface area contributed by atoms with Crippen molar-refractivity contribution in [2.24, 2.45) is 11.1 Å². The molecule has 2 atom stereocenters. The molecule has 4 rings (SSSR count). The molecule has 0 amide bonds. The lowest BCUT2D eigenvalue weighted by Crippen LogP contribution is -2.46. The molecule has 1 aromatic heterocycles. The second kappa shape index (κ2) is 5.84. The van der Waals surface area contributed by atoms with Gasteiger partial charge in [-0.1, -0.05) is 13.8 Å². The fourth-order valence-corrected chi connectivity index (χ4v) is 3.96. The van der Waals surface area contributed by atoms with E-state index in [1.165, 1.54) is 6.20 Å². The number of aromatic nitrogens is 1. The number of ether oxygens (including phenoxy) is 1. The molecule has 28 heavy (non-hydrogen) atoms. The summed E-state index contributed by atoms with van der Waals surface area (Å²) in [6, 6.07) is 0.957. The van der Waals surface area contributed by atoms with Crippen LogP contribution >= 0.6 is 0 Å². The van der Waals surface area contributed by atoms with E-state index in [0.29, 0.717) is 18.6 Å². The van der Waals surface area contributed by atoms with Gasteiger partial charge >= 0.3 is 5.97 Å². The van der Waals surface area contributed by atoms with Crippen molar-refractivity contribution in [2.75, 3.05) is 30.0 Å². The Kier molecular flexibility index (Phi) is 3.87. The van der Waals surface area contributed by atoms with Gasteiger partial charge in [0.15, 0.2) is 17.8 Å². The monoisotopic (exact) mass is 390 g/mol. The van der Waals surface area contributed by atoms with E-state index in [1.807, 2.05) is 18.7 Å². The zero-order valence-corrected chi connectivity index (χ0v) is 16.2. The third-order valence-electron chi connectivity index (χ3n) is 5.87. The van der Waals surface area contributed by atoms with Gasteiger partial charge in [0, 0.05) is 32.4 Å². The first-order chi connectivity index (χ1) is 13.0. The van der Waals surface area contributed by atoms with E-state index < -0.39 is 29.0 Å². The molecule has 0 radical (unpaired) electrons. The van der Waals surface area contributed by atoms with Gasteiger partial charge in [0.25, 0.3) is 0 Å². The van der Waals surface area contributed by atoms with Crippen LogP contribution < -0.4 is 25.8 Å².